The van der Waals surface area contributed by atoms with Gasteiger partial charge in [-0.2, -0.15) is 0 Å². The van der Waals surface area contributed by atoms with Gasteiger partial charge in [-0.3, -0.25) is 4.79 Å². The van der Waals surface area contributed by atoms with E-state index < -0.39 is 5.97 Å². The van der Waals surface area contributed by atoms with E-state index in [-0.39, 0.29) is 11.4 Å². The van der Waals surface area contributed by atoms with Crippen molar-refractivity contribution >= 4 is 11.8 Å². The molecule has 3 nitrogen and oxygen atoms in total. The second-order valence-corrected chi connectivity index (χ2v) is 4.10. The van der Waals surface area contributed by atoms with Crippen LogP contribution in [0.3, 0.4) is 0 Å². The molecule has 0 atom stereocenters. The van der Waals surface area contributed by atoms with Crippen LogP contribution < -0.4 is 0 Å². The van der Waals surface area contributed by atoms with E-state index in [9.17, 15) is 9.59 Å². The largest absolute Gasteiger partial charge is 0.462 e. The van der Waals surface area contributed by atoms with Crippen LogP contribution in [0.1, 0.15) is 59.3 Å². The molecule has 0 aromatic carbocycles. The number of hydrogen-bond donors (Lipinski definition) is 0. The zero-order valence-corrected chi connectivity index (χ0v) is 11.3. The second-order valence-electron chi connectivity index (χ2n) is 4.10. The van der Waals surface area contributed by atoms with E-state index in [4.69, 9.17) is 4.74 Å². The number of Topliss-reactive ketones (excluding diaryl/α,β-unsaturated/α-hetero) is 1. The smallest absolute Gasteiger partial charge is 0.341 e. The topological polar surface area (TPSA) is 43.4 Å². The van der Waals surface area contributed by atoms with Gasteiger partial charge >= 0.3 is 5.97 Å². The van der Waals surface area contributed by atoms with Gasteiger partial charge in [0.1, 0.15) is 0 Å². The van der Waals surface area contributed by atoms with Gasteiger partial charge in [0.25, 0.3) is 0 Å². The summed E-state index contributed by atoms with van der Waals surface area (Å²) < 4.78 is 4.83. The Hall–Kier alpha value is -1.12. The molecule has 0 N–H and O–H groups in total. The normalized spacial score (nSPS) is 11.4. The number of carbonyl (C=O) groups excluding carboxylic acids is 2. The third kappa shape index (κ3) is 7.72. The molecule has 0 aliphatic rings. The van der Waals surface area contributed by atoms with Crippen molar-refractivity contribution in [2.75, 3.05) is 6.61 Å². The van der Waals surface area contributed by atoms with Crippen LogP contribution in [-0.2, 0) is 14.3 Å². The van der Waals surface area contributed by atoms with E-state index in [0.717, 1.165) is 19.3 Å². The Morgan fingerprint density at radius 2 is 1.71 bits per heavy atom. The molecule has 17 heavy (non-hydrogen) atoms. The van der Waals surface area contributed by atoms with Gasteiger partial charge in [0.15, 0.2) is 5.78 Å². The minimum absolute atomic E-state index is 0.197. The SMILES string of the molecule is CCCCCCC/C=C(/C(C)=O)C(=O)OCC. The van der Waals surface area contributed by atoms with Gasteiger partial charge in [0.05, 0.1) is 12.2 Å². The fourth-order valence-electron chi connectivity index (χ4n) is 1.57. The van der Waals surface area contributed by atoms with Crippen LogP contribution in [0.5, 0.6) is 0 Å². The molecule has 0 heterocycles. The van der Waals surface area contributed by atoms with E-state index in [0.29, 0.717) is 6.61 Å². The van der Waals surface area contributed by atoms with E-state index in [1.807, 2.05) is 0 Å². The van der Waals surface area contributed by atoms with Gasteiger partial charge in [0.2, 0.25) is 0 Å². The lowest BCUT2D eigenvalue weighted by Gasteiger charge is -2.03. The summed E-state index contributed by atoms with van der Waals surface area (Å²) in [5.41, 5.74) is 0.197. The lowest BCUT2D eigenvalue weighted by Crippen LogP contribution is -2.13. The second kappa shape index (κ2) is 10.1. The van der Waals surface area contributed by atoms with Crippen LogP contribution in [0, 0.1) is 0 Å². The number of allylic oxidation sites excluding steroid dienone is 1. The summed E-state index contributed by atoms with van der Waals surface area (Å²) in [4.78, 5) is 22.7. The third-order valence-corrected chi connectivity index (χ3v) is 2.53. The number of carbonyl (C=O) groups is 2. The van der Waals surface area contributed by atoms with E-state index in [2.05, 4.69) is 6.92 Å². The van der Waals surface area contributed by atoms with Crippen molar-refractivity contribution in [2.24, 2.45) is 0 Å². The molecule has 0 radical (unpaired) electrons. The van der Waals surface area contributed by atoms with Crippen molar-refractivity contribution < 1.29 is 14.3 Å². The molecule has 0 amide bonds. The number of ether oxygens (including phenoxy) is 1. The number of rotatable bonds is 9. The first-order valence-electron chi connectivity index (χ1n) is 6.51. The molecule has 0 bridgehead atoms. The monoisotopic (exact) mass is 240 g/mol. The van der Waals surface area contributed by atoms with Gasteiger partial charge in [-0.15, -0.1) is 0 Å². The summed E-state index contributed by atoms with van der Waals surface area (Å²) in [6.45, 7) is 5.62. The number of hydrogen-bond acceptors (Lipinski definition) is 3. The average molecular weight is 240 g/mol. The highest BCUT2D eigenvalue weighted by atomic mass is 16.5. The molecular weight excluding hydrogens is 216 g/mol. The molecule has 0 unspecified atom stereocenters. The van der Waals surface area contributed by atoms with Crippen molar-refractivity contribution in [2.45, 2.75) is 59.3 Å². The Bertz CT molecular complexity index is 267. The van der Waals surface area contributed by atoms with E-state index in [1.165, 1.54) is 26.2 Å². The van der Waals surface area contributed by atoms with Gasteiger partial charge in [-0.1, -0.05) is 38.7 Å². The van der Waals surface area contributed by atoms with E-state index >= 15 is 0 Å². The highest BCUT2D eigenvalue weighted by molar-refractivity contribution is 6.16. The Morgan fingerprint density at radius 3 is 2.24 bits per heavy atom. The van der Waals surface area contributed by atoms with Crippen LogP contribution in [0.2, 0.25) is 0 Å². The first-order chi connectivity index (χ1) is 8.13. The number of esters is 1. The molecule has 0 aromatic heterocycles. The Balaban J connectivity index is 4.04. The van der Waals surface area contributed by atoms with Gasteiger partial charge in [-0.25, -0.2) is 4.79 Å². The lowest BCUT2D eigenvalue weighted by atomic mass is 10.1. The maximum Gasteiger partial charge on any atom is 0.341 e. The maximum atomic E-state index is 11.4. The van der Waals surface area contributed by atoms with Gasteiger partial charge in [-0.05, 0) is 26.7 Å². The Labute approximate surface area is 104 Å². The molecule has 0 saturated heterocycles. The minimum atomic E-state index is -0.492. The summed E-state index contributed by atoms with van der Waals surface area (Å²) in [6.07, 6.45) is 8.36. The minimum Gasteiger partial charge on any atom is -0.462 e. The van der Waals surface area contributed by atoms with Crippen molar-refractivity contribution in [3.8, 4) is 0 Å². The fourth-order valence-corrected chi connectivity index (χ4v) is 1.57. The number of unbranched alkanes of at least 4 members (excludes halogenated alkanes) is 5. The molecule has 0 spiro atoms. The predicted molar refractivity (Wildman–Crippen MR) is 68.8 cm³/mol. The molecule has 0 saturated carbocycles. The molecule has 0 aromatic rings. The van der Waals surface area contributed by atoms with Crippen LogP contribution >= 0.6 is 0 Å². The van der Waals surface area contributed by atoms with Gasteiger partial charge < -0.3 is 4.74 Å². The Morgan fingerprint density at radius 1 is 1.06 bits per heavy atom. The zero-order valence-electron chi connectivity index (χ0n) is 11.3. The molecule has 0 aliphatic heterocycles. The lowest BCUT2D eigenvalue weighted by molar-refractivity contribution is -0.139. The third-order valence-electron chi connectivity index (χ3n) is 2.53. The predicted octanol–water partition coefficient (Wildman–Crippen LogP) is 3.43. The van der Waals surface area contributed by atoms with Crippen LogP contribution in [0.15, 0.2) is 11.6 Å². The summed E-state index contributed by atoms with van der Waals surface area (Å²) in [5, 5.41) is 0. The summed E-state index contributed by atoms with van der Waals surface area (Å²) in [5.74, 6) is -0.703. The highest BCUT2D eigenvalue weighted by Gasteiger charge is 2.14. The first-order valence-corrected chi connectivity index (χ1v) is 6.51. The van der Waals surface area contributed by atoms with Crippen LogP contribution in [-0.4, -0.2) is 18.4 Å². The summed E-state index contributed by atoms with van der Waals surface area (Å²) in [7, 11) is 0. The fraction of sp³-hybridized carbons (Fsp3) is 0.714. The average Bonchev–Trinajstić information content (AvgIpc) is 2.27. The highest BCUT2D eigenvalue weighted by Crippen LogP contribution is 2.08. The van der Waals surface area contributed by atoms with Crippen molar-refractivity contribution in [1.29, 1.82) is 0 Å². The maximum absolute atomic E-state index is 11.4. The Kier molecular flexibility index (Phi) is 9.40. The van der Waals surface area contributed by atoms with Crippen molar-refractivity contribution in [1.82, 2.24) is 0 Å². The summed E-state index contributed by atoms with van der Waals surface area (Å²) >= 11 is 0. The van der Waals surface area contributed by atoms with Crippen molar-refractivity contribution in [3.05, 3.63) is 11.6 Å². The molecule has 0 fully saturated rings. The van der Waals surface area contributed by atoms with Crippen LogP contribution in [0.25, 0.3) is 0 Å². The van der Waals surface area contributed by atoms with Crippen molar-refractivity contribution in [3.63, 3.8) is 0 Å². The molecule has 0 rings (SSSR count). The molecule has 98 valence electrons. The van der Waals surface area contributed by atoms with E-state index in [1.54, 1.807) is 13.0 Å². The zero-order chi connectivity index (χ0) is 13.1. The number of ketones is 1. The van der Waals surface area contributed by atoms with Gasteiger partial charge in [0, 0.05) is 0 Å². The standard InChI is InChI=1S/C14H24O3/c1-4-6-7-8-9-10-11-13(12(3)15)14(16)17-5-2/h11H,4-10H2,1-3H3/b13-11-. The first kappa shape index (κ1) is 15.9. The summed E-state index contributed by atoms with van der Waals surface area (Å²) in [6, 6.07) is 0. The van der Waals surface area contributed by atoms with Crippen LogP contribution in [0.4, 0.5) is 0 Å². The molecule has 3 heteroatoms. The molecular formula is C14H24O3. The molecule has 0 aliphatic carbocycles. The quantitative estimate of drug-likeness (QED) is 0.204.